The molecular formula is C7H10N4O2. The maximum absolute atomic E-state index is 10.5. The topological polar surface area (TPSA) is 79.5 Å². The van der Waals surface area contributed by atoms with Crippen molar-refractivity contribution in [3.63, 3.8) is 0 Å². The van der Waals surface area contributed by atoms with Gasteiger partial charge in [-0.25, -0.2) is 10.4 Å². The van der Waals surface area contributed by atoms with Gasteiger partial charge >= 0.3 is 0 Å². The van der Waals surface area contributed by atoms with Gasteiger partial charge in [-0.05, 0) is 0 Å². The molecular weight excluding hydrogens is 172 g/mol. The molecule has 1 heterocycles. The predicted molar refractivity (Wildman–Crippen MR) is 46.0 cm³/mol. The zero-order chi connectivity index (χ0) is 9.68. The Labute approximate surface area is 74.9 Å². The standard InChI is InChI=1S/C7H10N4O2/c1-11-3-6(8-5-11)2-9-10-7(13)4-12/h2-3,5,12H,4H2,1H3,(H,10,13)/b9-2+. The fourth-order valence-electron chi connectivity index (χ4n) is 0.705. The van der Waals surface area contributed by atoms with Gasteiger partial charge in [0.15, 0.2) is 0 Å². The summed E-state index contributed by atoms with van der Waals surface area (Å²) in [4.78, 5) is 14.4. The third-order valence-corrected chi connectivity index (χ3v) is 1.25. The molecule has 6 nitrogen and oxygen atoms in total. The monoisotopic (exact) mass is 182 g/mol. The zero-order valence-corrected chi connectivity index (χ0v) is 7.14. The Kier molecular flexibility index (Phi) is 3.15. The van der Waals surface area contributed by atoms with Crippen LogP contribution in [0.4, 0.5) is 0 Å². The first-order valence-corrected chi connectivity index (χ1v) is 3.63. The Morgan fingerprint density at radius 3 is 3.23 bits per heavy atom. The number of rotatable bonds is 3. The molecule has 0 aromatic carbocycles. The van der Waals surface area contributed by atoms with E-state index in [0.717, 1.165) is 0 Å². The summed E-state index contributed by atoms with van der Waals surface area (Å²) >= 11 is 0. The first-order valence-electron chi connectivity index (χ1n) is 3.63. The van der Waals surface area contributed by atoms with Gasteiger partial charge in [0.25, 0.3) is 5.91 Å². The quantitative estimate of drug-likeness (QED) is 0.458. The number of imidazole rings is 1. The lowest BCUT2D eigenvalue weighted by atomic mass is 10.5. The molecule has 2 N–H and O–H groups in total. The van der Waals surface area contributed by atoms with Gasteiger partial charge in [0.2, 0.25) is 0 Å². The molecule has 0 unspecified atom stereocenters. The van der Waals surface area contributed by atoms with Crippen LogP contribution in [0.25, 0.3) is 0 Å². The number of aryl methyl sites for hydroxylation is 1. The summed E-state index contributed by atoms with van der Waals surface area (Å²) in [5.41, 5.74) is 2.76. The third-order valence-electron chi connectivity index (χ3n) is 1.25. The second-order valence-electron chi connectivity index (χ2n) is 2.42. The lowest BCUT2D eigenvalue weighted by molar-refractivity contribution is -0.123. The van der Waals surface area contributed by atoms with Crippen LogP contribution in [0.15, 0.2) is 17.6 Å². The van der Waals surface area contributed by atoms with E-state index >= 15 is 0 Å². The van der Waals surface area contributed by atoms with Crippen LogP contribution in [0.1, 0.15) is 5.69 Å². The average Bonchev–Trinajstić information content (AvgIpc) is 2.51. The van der Waals surface area contributed by atoms with Crippen molar-refractivity contribution in [2.75, 3.05) is 6.61 Å². The predicted octanol–water partition coefficient (Wildman–Crippen LogP) is -1.14. The minimum atomic E-state index is -0.570. The Hall–Kier alpha value is -1.69. The number of hydrazone groups is 1. The van der Waals surface area contributed by atoms with Crippen molar-refractivity contribution in [2.24, 2.45) is 12.1 Å². The number of amides is 1. The highest BCUT2D eigenvalue weighted by Gasteiger charge is 1.94. The Morgan fingerprint density at radius 2 is 2.69 bits per heavy atom. The fourth-order valence-corrected chi connectivity index (χ4v) is 0.705. The summed E-state index contributed by atoms with van der Waals surface area (Å²) in [7, 11) is 1.83. The SMILES string of the molecule is Cn1cnc(/C=N/NC(=O)CO)c1. The number of carbonyl (C=O) groups is 1. The summed E-state index contributed by atoms with van der Waals surface area (Å²) in [6.45, 7) is -0.570. The Bertz CT molecular complexity index is 318. The maximum Gasteiger partial charge on any atom is 0.265 e. The van der Waals surface area contributed by atoms with E-state index in [1.54, 1.807) is 17.1 Å². The first kappa shape index (κ1) is 9.40. The van der Waals surface area contributed by atoms with E-state index in [9.17, 15) is 4.79 Å². The van der Waals surface area contributed by atoms with E-state index in [0.29, 0.717) is 5.69 Å². The van der Waals surface area contributed by atoms with Crippen LogP contribution in [-0.4, -0.2) is 33.4 Å². The number of aliphatic hydroxyl groups excluding tert-OH is 1. The fraction of sp³-hybridized carbons (Fsp3) is 0.286. The largest absolute Gasteiger partial charge is 0.386 e. The summed E-state index contributed by atoms with van der Waals surface area (Å²) in [5.74, 6) is -0.549. The molecule has 0 saturated heterocycles. The number of aromatic nitrogens is 2. The third kappa shape index (κ3) is 3.04. The molecule has 0 radical (unpaired) electrons. The molecule has 70 valence electrons. The summed E-state index contributed by atoms with van der Waals surface area (Å²) in [6.07, 6.45) is 4.76. The molecule has 13 heavy (non-hydrogen) atoms. The lowest BCUT2D eigenvalue weighted by Gasteiger charge is -1.91. The van der Waals surface area contributed by atoms with Crippen molar-refractivity contribution in [1.29, 1.82) is 0 Å². The molecule has 1 rings (SSSR count). The van der Waals surface area contributed by atoms with Gasteiger partial charge < -0.3 is 9.67 Å². The van der Waals surface area contributed by atoms with E-state index in [-0.39, 0.29) is 0 Å². The number of carbonyl (C=O) groups excluding carboxylic acids is 1. The summed E-state index contributed by atoms with van der Waals surface area (Å²) < 4.78 is 1.76. The lowest BCUT2D eigenvalue weighted by Crippen LogP contribution is -2.20. The molecule has 0 atom stereocenters. The molecule has 1 amide bonds. The van der Waals surface area contributed by atoms with Crippen molar-refractivity contribution < 1.29 is 9.90 Å². The molecule has 0 fully saturated rings. The average molecular weight is 182 g/mol. The van der Waals surface area contributed by atoms with Crippen LogP contribution in [0.2, 0.25) is 0 Å². The van der Waals surface area contributed by atoms with Crippen LogP contribution < -0.4 is 5.43 Å². The molecule has 1 aromatic rings. The van der Waals surface area contributed by atoms with Gasteiger partial charge in [0, 0.05) is 13.2 Å². The van der Waals surface area contributed by atoms with Crippen LogP contribution in [0.5, 0.6) is 0 Å². The number of aliphatic hydroxyl groups is 1. The van der Waals surface area contributed by atoms with E-state index in [1.165, 1.54) is 6.21 Å². The van der Waals surface area contributed by atoms with Crippen LogP contribution in [0.3, 0.4) is 0 Å². The van der Waals surface area contributed by atoms with Gasteiger partial charge in [-0.15, -0.1) is 0 Å². The van der Waals surface area contributed by atoms with E-state index < -0.39 is 12.5 Å². The van der Waals surface area contributed by atoms with Gasteiger partial charge in [-0.2, -0.15) is 5.10 Å². The maximum atomic E-state index is 10.5. The molecule has 0 aliphatic rings. The minimum absolute atomic E-state index is 0.549. The summed E-state index contributed by atoms with van der Waals surface area (Å²) in [6, 6.07) is 0. The first-order chi connectivity index (χ1) is 6.22. The Morgan fingerprint density at radius 1 is 1.92 bits per heavy atom. The Balaban J connectivity index is 2.45. The van der Waals surface area contributed by atoms with Crippen molar-refractivity contribution in [2.45, 2.75) is 0 Å². The van der Waals surface area contributed by atoms with Gasteiger partial charge in [0.05, 0.1) is 12.5 Å². The highest BCUT2D eigenvalue weighted by Crippen LogP contribution is 1.87. The minimum Gasteiger partial charge on any atom is -0.386 e. The molecule has 0 aliphatic heterocycles. The van der Waals surface area contributed by atoms with Crippen LogP contribution in [-0.2, 0) is 11.8 Å². The van der Waals surface area contributed by atoms with Crippen molar-refractivity contribution in [3.05, 3.63) is 18.2 Å². The highest BCUT2D eigenvalue weighted by molar-refractivity contribution is 5.81. The van der Waals surface area contributed by atoms with Gasteiger partial charge in [-0.1, -0.05) is 0 Å². The number of nitrogens with one attached hydrogen (secondary N) is 1. The van der Waals surface area contributed by atoms with E-state index in [2.05, 4.69) is 15.5 Å². The van der Waals surface area contributed by atoms with Gasteiger partial charge in [0.1, 0.15) is 12.3 Å². The van der Waals surface area contributed by atoms with Crippen molar-refractivity contribution in [1.82, 2.24) is 15.0 Å². The second-order valence-corrected chi connectivity index (χ2v) is 2.42. The number of hydrogen-bond donors (Lipinski definition) is 2. The molecule has 6 heteroatoms. The normalized spacial score (nSPS) is 10.6. The highest BCUT2D eigenvalue weighted by atomic mass is 16.3. The molecule has 1 aromatic heterocycles. The molecule has 0 aliphatic carbocycles. The smallest absolute Gasteiger partial charge is 0.265 e. The van der Waals surface area contributed by atoms with E-state index in [4.69, 9.17) is 5.11 Å². The van der Waals surface area contributed by atoms with Crippen LogP contribution in [0, 0.1) is 0 Å². The van der Waals surface area contributed by atoms with E-state index in [1.807, 2.05) is 7.05 Å². The van der Waals surface area contributed by atoms with Crippen molar-refractivity contribution in [3.8, 4) is 0 Å². The van der Waals surface area contributed by atoms with Crippen molar-refractivity contribution >= 4 is 12.1 Å². The van der Waals surface area contributed by atoms with Gasteiger partial charge in [-0.3, -0.25) is 4.79 Å². The van der Waals surface area contributed by atoms with Crippen LogP contribution >= 0.6 is 0 Å². The second kappa shape index (κ2) is 4.36. The zero-order valence-electron chi connectivity index (χ0n) is 7.14. The number of nitrogens with zero attached hydrogens (tertiary/aromatic N) is 3. The molecule has 0 saturated carbocycles. The number of hydrogen-bond acceptors (Lipinski definition) is 4. The molecule has 0 bridgehead atoms. The molecule has 0 spiro atoms. The summed E-state index contributed by atoms with van der Waals surface area (Å²) in [5, 5.41) is 11.9.